The number of aromatic hydroxyl groups is 1. The van der Waals surface area contributed by atoms with Crippen LogP contribution in [-0.4, -0.2) is 15.8 Å². The third kappa shape index (κ3) is 2.85. The van der Waals surface area contributed by atoms with Gasteiger partial charge in [-0.2, -0.15) is 0 Å². The molecule has 23 heavy (non-hydrogen) atoms. The van der Waals surface area contributed by atoms with Crippen LogP contribution in [0.3, 0.4) is 0 Å². The molecule has 0 spiro atoms. The van der Waals surface area contributed by atoms with Gasteiger partial charge in [-0.25, -0.2) is 0 Å². The van der Waals surface area contributed by atoms with E-state index in [0.29, 0.717) is 35.1 Å². The van der Waals surface area contributed by atoms with Gasteiger partial charge in [0.15, 0.2) is 5.78 Å². The van der Waals surface area contributed by atoms with Crippen molar-refractivity contribution in [2.45, 2.75) is 19.8 Å². The lowest BCUT2D eigenvalue weighted by atomic mass is 9.86. The van der Waals surface area contributed by atoms with Crippen LogP contribution in [0.4, 0.5) is 5.69 Å². The van der Waals surface area contributed by atoms with Gasteiger partial charge in [-0.15, -0.1) is 0 Å². The van der Waals surface area contributed by atoms with Crippen LogP contribution in [0, 0.1) is 17.0 Å². The van der Waals surface area contributed by atoms with E-state index in [-0.39, 0.29) is 17.2 Å². The van der Waals surface area contributed by atoms with Gasteiger partial charge in [0.1, 0.15) is 5.75 Å². The molecule has 0 saturated carbocycles. The Hall–Kier alpha value is -2.95. The highest BCUT2D eigenvalue weighted by Gasteiger charge is 2.22. The highest BCUT2D eigenvalue weighted by atomic mass is 16.6. The van der Waals surface area contributed by atoms with E-state index in [9.17, 15) is 20.0 Å². The third-order valence-corrected chi connectivity index (χ3v) is 4.06. The zero-order chi connectivity index (χ0) is 16.6. The molecule has 1 aliphatic carbocycles. The van der Waals surface area contributed by atoms with Crippen LogP contribution >= 0.6 is 0 Å². The van der Waals surface area contributed by atoms with Gasteiger partial charge in [-0.1, -0.05) is 12.1 Å². The van der Waals surface area contributed by atoms with Crippen molar-refractivity contribution in [2.24, 2.45) is 0 Å². The number of hydrogen-bond donors (Lipinski definition) is 1. The van der Waals surface area contributed by atoms with Crippen LogP contribution < -0.4 is 0 Å². The Morgan fingerprint density at radius 1 is 1.17 bits per heavy atom. The van der Waals surface area contributed by atoms with E-state index in [0.717, 1.165) is 5.56 Å². The fraction of sp³-hybridized carbons (Fsp3) is 0.167. The summed E-state index contributed by atoms with van der Waals surface area (Å²) in [4.78, 5) is 23.1. The lowest BCUT2D eigenvalue weighted by molar-refractivity contribution is -0.385. The van der Waals surface area contributed by atoms with E-state index in [2.05, 4.69) is 0 Å². The highest BCUT2D eigenvalue weighted by Crippen LogP contribution is 2.30. The highest BCUT2D eigenvalue weighted by molar-refractivity contribution is 6.13. The standard InChI is InChI=1S/C18H15NO4/c1-11-2-3-12(9-17(11)19(22)23)8-14-5-4-13-10-15(20)6-7-16(13)18(14)21/h2-3,6-10,20H,4-5H2,1H3/b14-8+. The van der Waals surface area contributed by atoms with E-state index in [1.807, 2.05) is 0 Å². The normalized spacial score (nSPS) is 15.5. The van der Waals surface area contributed by atoms with E-state index >= 15 is 0 Å². The summed E-state index contributed by atoms with van der Waals surface area (Å²) in [6, 6.07) is 9.68. The number of fused-ring (bicyclic) bond motifs is 1. The van der Waals surface area contributed by atoms with Crippen molar-refractivity contribution >= 4 is 17.5 Å². The fourth-order valence-electron chi connectivity index (χ4n) is 2.82. The number of nitro groups is 1. The molecule has 0 saturated heterocycles. The minimum atomic E-state index is -0.419. The van der Waals surface area contributed by atoms with Crippen molar-refractivity contribution in [3.8, 4) is 5.75 Å². The van der Waals surface area contributed by atoms with Crippen molar-refractivity contribution in [3.05, 3.63) is 74.3 Å². The number of hydrogen-bond acceptors (Lipinski definition) is 4. The second-order valence-corrected chi connectivity index (χ2v) is 5.64. The van der Waals surface area contributed by atoms with Crippen molar-refractivity contribution in [3.63, 3.8) is 0 Å². The molecule has 1 aliphatic rings. The summed E-state index contributed by atoms with van der Waals surface area (Å²) >= 11 is 0. The van der Waals surface area contributed by atoms with Crippen molar-refractivity contribution < 1.29 is 14.8 Å². The van der Waals surface area contributed by atoms with Gasteiger partial charge < -0.3 is 5.11 Å². The van der Waals surface area contributed by atoms with E-state index in [4.69, 9.17) is 0 Å². The Bertz CT molecular complexity index is 852. The summed E-state index contributed by atoms with van der Waals surface area (Å²) in [5.41, 5.74) is 3.33. The van der Waals surface area contributed by atoms with Gasteiger partial charge in [-0.05, 0) is 55.2 Å². The van der Waals surface area contributed by atoms with Gasteiger partial charge in [-0.3, -0.25) is 14.9 Å². The summed E-state index contributed by atoms with van der Waals surface area (Å²) in [6.45, 7) is 1.68. The summed E-state index contributed by atoms with van der Waals surface area (Å²) in [5.74, 6) is 0.0626. The second kappa shape index (κ2) is 5.68. The topological polar surface area (TPSA) is 80.4 Å². The van der Waals surface area contributed by atoms with Crippen molar-refractivity contribution in [1.29, 1.82) is 0 Å². The number of phenols is 1. The molecule has 0 radical (unpaired) electrons. The number of Topliss-reactive ketones (excluding diaryl/α,β-unsaturated/α-hetero) is 1. The molecule has 0 amide bonds. The average Bonchev–Trinajstić information content (AvgIpc) is 2.51. The van der Waals surface area contributed by atoms with E-state index in [1.165, 1.54) is 12.1 Å². The summed E-state index contributed by atoms with van der Waals surface area (Å²) in [5, 5.41) is 20.5. The van der Waals surface area contributed by atoms with E-state index in [1.54, 1.807) is 37.3 Å². The molecule has 3 rings (SSSR count). The van der Waals surface area contributed by atoms with E-state index < -0.39 is 4.92 Å². The quantitative estimate of drug-likeness (QED) is 0.519. The predicted molar refractivity (Wildman–Crippen MR) is 86.6 cm³/mol. The SMILES string of the molecule is Cc1ccc(/C=C2\CCc3cc(O)ccc3C2=O)cc1[N+](=O)[O-]. The second-order valence-electron chi connectivity index (χ2n) is 5.64. The molecule has 0 fully saturated rings. The molecular formula is C18H15NO4. The molecule has 5 heteroatoms. The number of ketones is 1. The van der Waals surface area contributed by atoms with Gasteiger partial charge in [0.2, 0.25) is 0 Å². The van der Waals surface area contributed by atoms with Crippen LogP contribution in [-0.2, 0) is 6.42 Å². The number of phenolic OH excluding ortho intramolecular Hbond substituents is 1. The first-order chi connectivity index (χ1) is 11.0. The predicted octanol–water partition coefficient (Wildman–Crippen LogP) is 3.82. The fourth-order valence-corrected chi connectivity index (χ4v) is 2.82. The maximum Gasteiger partial charge on any atom is 0.272 e. The number of benzene rings is 2. The number of aryl methyl sites for hydroxylation is 2. The first kappa shape index (κ1) is 15.0. The van der Waals surface area contributed by atoms with Gasteiger partial charge in [0, 0.05) is 22.8 Å². The molecule has 0 heterocycles. The van der Waals surface area contributed by atoms with Crippen molar-refractivity contribution in [1.82, 2.24) is 0 Å². The number of allylic oxidation sites excluding steroid dienone is 1. The minimum Gasteiger partial charge on any atom is -0.508 e. The summed E-state index contributed by atoms with van der Waals surface area (Å²) < 4.78 is 0. The largest absolute Gasteiger partial charge is 0.508 e. The first-order valence-electron chi connectivity index (χ1n) is 7.28. The molecular weight excluding hydrogens is 294 g/mol. The maximum atomic E-state index is 12.5. The number of nitro benzene ring substituents is 1. The van der Waals surface area contributed by atoms with Crippen LogP contribution in [0.15, 0.2) is 42.0 Å². The molecule has 2 aromatic rings. The molecule has 116 valence electrons. The summed E-state index contributed by atoms with van der Waals surface area (Å²) in [7, 11) is 0. The number of carbonyl (C=O) groups excluding carboxylic acids is 1. The third-order valence-electron chi connectivity index (χ3n) is 4.06. The van der Waals surface area contributed by atoms with Crippen LogP contribution in [0.1, 0.15) is 33.5 Å². The molecule has 0 unspecified atom stereocenters. The lowest BCUT2D eigenvalue weighted by Gasteiger charge is -2.17. The Kier molecular flexibility index (Phi) is 3.70. The van der Waals surface area contributed by atoms with Gasteiger partial charge in [0.25, 0.3) is 5.69 Å². The molecule has 0 aromatic heterocycles. The number of carbonyl (C=O) groups is 1. The Morgan fingerprint density at radius 2 is 1.96 bits per heavy atom. The smallest absolute Gasteiger partial charge is 0.272 e. The molecule has 0 atom stereocenters. The summed E-state index contributed by atoms with van der Waals surface area (Å²) in [6.07, 6.45) is 2.93. The number of rotatable bonds is 2. The zero-order valence-electron chi connectivity index (χ0n) is 12.6. The first-order valence-corrected chi connectivity index (χ1v) is 7.28. The van der Waals surface area contributed by atoms with Gasteiger partial charge >= 0.3 is 0 Å². The molecule has 0 aliphatic heterocycles. The van der Waals surface area contributed by atoms with Gasteiger partial charge in [0.05, 0.1) is 4.92 Å². The van der Waals surface area contributed by atoms with Crippen LogP contribution in [0.25, 0.3) is 6.08 Å². The van der Waals surface area contributed by atoms with Crippen molar-refractivity contribution in [2.75, 3.05) is 0 Å². The monoisotopic (exact) mass is 309 g/mol. The Morgan fingerprint density at radius 3 is 2.70 bits per heavy atom. The molecule has 0 bridgehead atoms. The minimum absolute atomic E-state index is 0.0490. The van der Waals surface area contributed by atoms with Crippen LogP contribution in [0.5, 0.6) is 5.75 Å². The average molecular weight is 309 g/mol. The zero-order valence-corrected chi connectivity index (χ0v) is 12.6. The Labute approximate surface area is 133 Å². The Balaban J connectivity index is 1.98. The molecule has 5 nitrogen and oxygen atoms in total. The molecule has 1 N–H and O–H groups in total. The number of nitrogens with zero attached hydrogens (tertiary/aromatic N) is 1. The lowest BCUT2D eigenvalue weighted by Crippen LogP contribution is -2.13. The van der Waals surface area contributed by atoms with Crippen LogP contribution in [0.2, 0.25) is 0 Å². The maximum absolute atomic E-state index is 12.5. The molecule has 2 aromatic carbocycles.